The fraction of sp³-hybridized carbons (Fsp3) is 0.250. The fourth-order valence-electron chi connectivity index (χ4n) is 2.64. The number of hydrogen-bond donors (Lipinski definition) is 0. The predicted molar refractivity (Wildman–Crippen MR) is 128 cm³/mol. The Kier molecular flexibility index (Phi) is 10.2. The molecule has 0 saturated heterocycles. The van der Waals surface area contributed by atoms with E-state index in [0.717, 1.165) is 11.5 Å². The van der Waals surface area contributed by atoms with E-state index >= 15 is 0 Å². The molecule has 0 atom stereocenters. The third-order valence-corrected chi connectivity index (χ3v) is 24.5. The zero-order chi connectivity index (χ0) is 22.3. The zero-order valence-electron chi connectivity index (χ0n) is 18.3. The maximum atomic E-state index is 5.62. The van der Waals surface area contributed by atoms with Gasteiger partial charge in [0.1, 0.15) is 0 Å². The van der Waals surface area contributed by atoms with Crippen LogP contribution in [0.25, 0.3) is 22.6 Å². The molecule has 160 valence electrons. The molecule has 0 N–H and O–H groups in total. The molecule has 2 aromatic heterocycles. The molecular weight excluding hydrogens is 510 g/mol. The van der Waals surface area contributed by atoms with E-state index in [1.54, 1.807) is 12.5 Å². The molecule has 0 radical (unpaired) electrons. The smallest absolute Gasteiger partial charge is 0.0768 e. The van der Waals surface area contributed by atoms with Crippen LogP contribution in [0.5, 0.6) is 0 Å². The van der Waals surface area contributed by atoms with Crippen LogP contribution in [0.4, 0.5) is 0 Å². The van der Waals surface area contributed by atoms with Crippen molar-refractivity contribution < 1.29 is 26.8 Å². The van der Waals surface area contributed by atoms with Crippen LogP contribution in [0.15, 0.2) is 69.9 Å². The Morgan fingerprint density at radius 3 is 1.33 bits per heavy atom. The molecule has 0 aliphatic carbocycles. The van der Waals surface area contributed by atoms with Gasteiger partial charge in [0.2, 0.25) is 0 Å². The van der Waals surface area contributed by atoms with Crippen molar-refractivity contribution in [3.05, 3.63) is 83.3 Å². The standard InChI is InChI=1S/2C11H11O.C2H6Si.2ClH.Zr/c2*1-8-6-10(7-9(8)2)11-4-3-5-12-11;1-3-2;;;/h2*3-7H,1-2H3;1-2H3;2*1H;/q2*-1;;;;+2/p-2. The molecule has 6 heteroatoms. The van der Waals surface area contributed by atoms with E-state index in [4.69, 9.17) is 25.9 Å². The maximum absolute atomic E-state index is 5.62. The summed E-state index contributed by atoms with van der Waals surface area (Å²) < 4.78 is 10.6. The quantitative estimate of drug-likeness (QED) is 0.188. The van der Waals surface area contributed by atoms with Gasteiger partial charge in [-0.1, -0.05) is 39.8 Å². The summed E-state index contributed by atoms with van der Waals surface area (Å²) in [5, 5.41) is 0. The van der Waals surface area contributed by atoms with Crippen molar-refractivity contribution in [3.63, 3.8) is 0 Å². The van der Waals surface area contributed by atoms with Crippen molar-refractivity contribution in [1.29, 1.82) is 0 Å². The van der Waals surface area contributed by atoms with Crippen LogP contribution < -0.4 is 0 Å². The summed E-state index contributed by atoms with van der Waals surface area (Å²) in [6, 6.07) is 16.4. The minimum absolute atomic E-state index is 0.224. The van der Waals surface area contributed by atoms with E-state index in [1.165, 1.54) is 33.4 Å². The van der Waals surface area contributed by atoms with Crippen LogP contribution in [0, 0.1) is 27.7 Å². The molecular formula is C24H28Cl2O2SiZr-2. The first-order valence-corrected chi connectivity index (χ1v) is 22.2. The molecule has 0 spiro atoms. The summed E-state index contributed by atoms with van der Waals surface area (Å²) in [7, 11) is 11.2. The minimum Gasteiger partial charge on any atom is -0.508 e. The maximum Gasteiger partial charge on any atom is 0.0768 e. The molecule has 0 amide bonds. The van der Waals surface area contributed by atoms with Crippen molar-refractivity contribution in [1.82, 2.24) is 0 Å². The predicted octanol–water partition coefficient (Wildman–Crippen LogP) is 8.73. The summed E-state index contributed by atoms with van der Waals surface area (Å²) in [4.78, 5) is 0. The molecule has 4 rings (SSSR count). The molecule has 0 aliphatic heterocycles. The Hall–Kier alpha value is -1.06. The second-order valence-electron chi connectivity index (χ2n) is 7.44. The third-order valence-electron chi connectivity index (χ3n) is 4.72. The van der Waals surface area contributed by atoms with E-state index in [2.05, 4.69) is 65.1 Å². The van der Waals surface area contributed by atoms with Crippen LogP contribution in [0.2, 0.25) is 13.1 Å². The number of rotatable bonds is 2. The summed E-state index contributed by atoms with van der Waals surface area (Å²) in [5.74, 6) is 1.90. The SMILES string of the molecule is C[Si](C)=[Zr]([Cl])[Cl].Cc1cc(-c2ccco2)[cH-]c1C.Cc1cc(-c2ccco2)[cH-]c1C. The van der Waals surface area contributed by atoms with Gasteiger partial charge in [-0.2, -0.15) is 23.3 Å². The molecule has 0 aliphatic rings. The third kappa shape index (κ3) is 7.57. The zero-order valence-corrected chi connectivity index (χ0v) is 23.3. The van der Waals surface area contributed by atoms with E-state index < -0.39 is 18.0 Å². The van der Waals surface area contributed by atoms with Crippen LogP contribution >= 0.6 is 17.0 Å². The number of halogens is 2. The Labute approximate surface area is 194 Å². The molecule has 0 bridgehead atoms. The van der Waals surface area contributed by atoms with Crippen molar-refractivity contribution >= 4 is 22.5 Å². The summed E-state index contributed by atoms with van der Waals surface area (Å²) in [6.07, 6.45) is 3.40. The summed E-state index contributed by atoms with van der Waals surface area (Å²) >= 11 is -1.65. The van der Waals surface area contributed by atoms with Crippen molar-refractivity contribution in [2.45, 2.75) is 40.8 Å². The van der Waals surface area contributed by atoms with E-state index in [0.29, 0.717) is 0 Å². The van der Waals surface area contributed by atoms with E-state index in [-0.39, 0.29) is 5.43 Å². The van der Waals surface area contributed by atoms with Crippen LogP contribution in [0.1, 0.15) is 22.3 Å². The second-order valence-corrected chi connectivity index (χ2v) is 30.4. The monoisotopic (exact) mass is 536 g/mol. The molecule has 2 heterocycles. The first-order valence-electron chi connectivity index (χ1n) is 9.73. The van der Waals surface area contributed by atoms with Crippen LogP contribution in [-0.4, -0.2) is 5.43 Å². The fourth-order valence-corrected chi connectivity index (χ4v) is 2.64. The van der Waals surface area contributed by atoms with Crippen LogP contribution in [0.3, 0.4) is 0 Å². The van der Waals surface area contributed by atoms with Crippen LogP contribution in [-0.2, 0) is 18.0 Å². The van der Waals surface area contributed by atoms with Crippen molar-refractivity contribution in [2.24, 2.45) is 0 Å². The van der Waals surface area contributed by atoms with Gasteiger partial charge in [-0.3, -0.25) is 0 Å². The second kappa shape index (κ2) is 12.1. The first kappa shape index (κ1) is 25.2. The minimum atomic E-state index is -1.65. The van der Waals surface area contributed by atoms with Gasteiger partial charge >= 0.3 is 53.5 Å². The van der Waals surface area contributed by atoms with Gasteiger partial charge in [-0.15, -0.1) is 34.4 Å². The molecule has 30 heavy (non-hydrogen) atoms. The number of furan rings is 2. The molecule has 0 unspecified atom stereocenters. The van der Waals surface area contributed by atoms with E-state index in [1.807, 2.05) is 24.3 Å². The van der Waals surface area contributed by atoms with Gasteiger partial charge in [0.25, 0.3) is 0 Å². The van der Waals surface area contributed by atoms with Gasteiger partial charge in [0.05, 0.1) is 12.5 Å². The van der Waals surface area contributed by atoms with Gasteiger partial charge in [0, 0.05) is 11.5 Å². The average Bonchev–Trinajstić information content (AvgIpc) is 3.47. The number of aryl methyl sites for hydroxylation is 4. The summed E-state index contributed by atoms with van der Waals surface area (Å²) in [5.41, 5.74) is 7.41. The first-order chi connectivity index (χ1) is 14.2. The molecule has 2 nitrogen and oxygen atoms in total. The number of hydrogen-bond acceptors (Lipinski definition) is 2. The van der Waals surface area contributed by atoms with E-state index in [9.17, 15) is 0 Å². The average molecular weight is 539 g/mol. The van der Waals surface area contributed by atoms with Crippen molar-refractivity contribution in [3.8, 4) is 22.6 Å². The van der Waals surface area contributed by atoms with Gasteiger partial charge in [-0.25, -0.2) is 0 Å². The Bertz CT molecular complexity index is 938. The summed E-state index contributed by atoms with van der Waals surface area (Å²) in [6.45, 7) is 12.8. The molecule has 4 aromatic rings. The molecule has 2 aromatic carbocycles. The normalized spacial score (nSPS) is 10.0. The van der Waals surface area contributed by atoms with Crippen molar-refractivity contribution in [2.75, 3.05) is 0 Å². The topological polar surface area (TPSA) is 26.3 Å². The Morgan fingerprint density at radius 2 is 1.13 bits per heavy atom. The van der Waals surface area contributed by atoms with Gasteiger partial charge in [-0.05, 0) is 12.1 Å². The van der Waals surface area contributed by atoms with Gasteiger partial charge in [0.15, 0.2) is 0 Å². The largest absolute Gasteiger partial charge is 0.508 e. The van der Waals surface area contributed by atoms with Gasteiger partial charge < -0.3 is 8.83 Å². The molecule has 0 saturated carbocycles. The molecule has 0 fully saturated rings. The Morgan fingerprint density at radius 1 is 0.767 bits per heavy atom. The Balaban J connectivity index is 0.000000171.